The van der Waals surface area contributed by atoms with Gasteiger partial charge in [0.2, 0.25) is 5.91 Å². The number of rotatable bonds is 7. The molecule has 2 aromatic carbocycles. The first kappa shape index (κ1) is 18.4. The molecule has 7 heteroatoms. The van der Waals surface area contributed by atoms with E-state index >= 15 is 0 Å². The Bertz CT molecular complexity index is 994. The molecule has 0 bridgehead atoms. The molecule has 0 radical (unpaired) electrons. The fraction of sp³-hybridized carbons (Fsp3) is 0.250. The number of aromatic nitrogens is 1. The SMILES string of the molecule is Cc1ccc2[nH]c(C)c(CC(=O)NCCNc3ccccc3[N+](=O)[O-])c2c1. The van der Waals surface area contributed by atoms with Crippen LogP contribution in [0.4, 0.5) is 11.4 Å². The molecule has 3 rings (SSSR count). The summed E-state index contributed by atoms with van der Waals surface area (Å²) in [6.07, 6.45) is 0.292. The van der Waals surface area contributed by atoms with Crippen molar-refractivity contribution in [2.24, 2.45) is 0 Å². The Morgan fingerprint density at radius 1 is 1.15 bits per heavy atom. The minimum atomic E-state index is -0.428. The van der Waals surface area contributed by atoms with Crippen molar-refractivity contribution in [3.8, 4) is 0 Å². The summed E-state index contributed by atoms with van der Waals surface area (Å²) >= 11 is 0. The van der Waals surface area contributed by atoms with E-state index in [1.165, 1.54) is 6.07 Å². The van der Waals surface area contributed by atoms with Gasteiger partial charge in [-0.1, -0.05) is 23.8 Å². The summed E-state index contributed by atoms with van der Waals surface area (Å²) < 4.78 is 0. The number of benzene rings is 2. The highest BCUT2D eigenvalue weighted by atomic mass is 16.6. The molecule has 1 heterocycles. The van der Waals surface area contributed by atoms with E-state index in [-0.39, 0.29) is 11.6 Å². The molecule has 3 N–H and O–H groups in total. The summed E-state index contributed by atoms with van der Waals surface area (Å²) in [5, 5.41) is 17.9. The smallest absolute Gasteiger partial charge is 0.292 e. The van der Waals surface area contributed by atoms with Crippen molar-refractivity contribution in [3.05, 3.63) is 69.4 Å². The van der Waals surface area contributed by atoms with Crippen molar-refractivity contribution in [2.45, 2.75) is 20.3 Å². The van der Waals surface area contributed by atoms with Crippen molar-refractivity contribution >= 4 is 28.2 Å². The highest BCUT2D eigenvalue weighted by molar-refractivity contribution is 5.90. The summed E-state index contributed by atoms with van der Waals surface area (Å²) in [5.41, 5.74) is 4.63. The Balaban J connectivity index is 1.56. The zero-order valence-corrected chi connectivity index (χ0v) is 15.3. The largest absolute Gasteiger partial charge is 0.378 e. The third kappa shape index (κ3) is 4.25. The predicted molar refractivity (Wildman–Crippen MR) is 106 cm³/mol. The number of carbonyl (C=O) groups excluding carboxylic acids is 1. The van der Waals surface area contributed by atoms with Crippen LogP contribution in [0.2, 0.25) is 0 Å². The van der Waals surface area contributed by atoms with E-state index in [0.717, 1.165) is 27.7 Å². The lowest BCUT2D eigenvalue weighted by Crippen LogP contribution is -2.30. The Morgan fingerprint density at radius 2 is 1.93 bits per heavy atom. The van der Waals surface area contributed by atoms with Gasteiger partial charge in [0.25, 0.3) is 5.69 Å². The maximum absolute atomic E-state index is 12.3. The number of hydrogen-bond donors (Lipinski definition) is 3. The summed E-state index contributed by atoms with van der Waals surface area (Å²) in [5.74, 6) is -0.0788. The number of nitro groups is 1. The van der Waals surface area contributed by atoms with Crippen LogP contribution in [-0.2, 0) is 11.2 Å². The number of nitro benzene ring substituents is 1. The topological polar surface area (TPSA) is 100 Å². The van der Waals surface area contributed by atoms with Gasteiger partial charge in [-0.2, -0.15) is 0 Å². The molecule has 0 saturated heterocycles. The van der Waals surface area contributed by atoms with E-state index < -0.39 is 4.92 Å². The van der Waals surface area contributed by atoms with Gasteiger partial charge in [-0.25, -0.2) is 0 Å². The molecule has 0 unspecified atom stereocenters. The first-order valence-electron chi connectivity index (χ1n) is 8.77. The van der Waals surface area contributed by atoms with Gasteiger partial charge in [0, 0.05) is 35.8 Å². The second kappa shape index (κ2) is 7.90. The van der Waals surface area contributed by atoms with Gasteiger partial charge in [0.15, 0.2) is 0 Å². The molecule has 3 aromatic rings. The van der Waals surface area contributed by atoms with Gasteiger partial charge >= 0.3 is 0 Å². The van der Waals surface area contributed by atoms with Gasteiger partial charge in [-0.15, -0.1) is 0 Å². The van der Waals surface area contributed by atoms with E-state index in [1.54, 1.807) is 18.2 Å². The zero-order chi connectivity index (χ0) is 19.4. The van der Waals surface area contributed by atoms with Crippen molar-refractivity contribution in [1.82, 2.24) is 10.3 Å². The van der Waals surface area contributed by atoms with Crippen molar-refractivity contribution in [2.75, 3.05) is 18.4 Å². The first-order chi connectivity index (χ1) is 13.0. The first-order valence-corrected chi connectivity index (χ1v) is 8.77. The van der Waals surface area contributed by atoms with Crippen LogP contribution in [0.1, 0.15) is 16.8 Å². The summed E-state index contributed by atoms with van der Waals surface area (Å²) in [6.45, 7) is 4.78. The lowest BCUT2D eigenvalue weighted by Gasteiger charge is -2.09. The highest BCUT2D eigenvalue weighted by Gasteiger charge is 2.13. The van der Waals surface area contributed by atoms with Crippen LogP contribution in [-0.4, -0.2) is 28.9 Å². The van der Waals surface area contributed by atoms with Crippen molar-refractivity contribution in [1.29, 1.82) is 0 Å². The number of anilines is 1. The minimum Gasteiger partial charge on any atom is -0.378 e. The highest BCUT2D eigenvalue weighted by Crippen LogP contribution is 2.24. The van der Waals surface area contributed by atoms with E-state index in [4.69, 9.17) is 0 Å². The van der Waals surface area contributed by atoms with Gasteiger partial charge in [0.05, 0.1) is 11.3 Å². The molecule has 0 spiro atoms. The Hall–Kier alpha value is -3.35. The average molecular weight is 366 g/mol. The summed E-state index contributed by atoms with van der Waals surface area (Å²) in [7, 11) is 0. The second-order valence-corrected chi connectivity index (χ2v) is 6.51. The normalized spacial score (nSPS) is 10.7. The van der Waals surface area contributed by atoms with E-state index in [1.807, 2.05) is 26.0 Å². The number of aryl methyl sites for hydroxylation is 2. The third-order valence-corrected chi connectivity index (χ3v) is 4.48. The third-order valence-electron chi connectivity index (χ3n) is 4.48. The number of amides is 1. The fourth-order valence-corrected chi connectivity index (χ4v) is 3.13. The van der Waals surface area contributed by atoms with Gasteiger partial charge in [0.1, 0.15) is 5.69 Å². The minimum absolute atomic E-state index is 0.0219. The molecule has 140 valence electrons. The molecule has 7 nitrogen and oxygen atoms in total. The molecular weight excluding hydrogens is 344 g/mol. The second-order valence-electron chi connectivity index (χ2n) is 6.51. The van der Waals surface area contributed by atoms with Crippen LogP contribution >= 0.6 is 0 Å². The van der Waals surface area contributed by atoms with Crippen molar-refractivity contribution in [3.63, 3.8) is 0 Å². The van der Waals surface area contributed by atoms with Crippen LogP contribution in [0.25, 0.3) is 10.9 Å². The molecule has 27 heavy (non-hydrogen) atoms. The standard InChI is InChI=1S/C20H22N4O3/c1-13-7-8-17-16(11-13)15(14(2)23-17)12-20(25)22-10-9-21-18-5-3-4-6-19(18)24(26)27/h3-8,11,21,23H,9-10,12H2,1-2H3,(H,22,25). The van der Waals surface area contributed by atoms with Crippen LogP contribution in [0.5, 0.6) is 0 Å². The average Bonchev–Trinajstić information content (AvgIpc) is 2.94. The van der Waals surface area contributed by atoms with Crippen molar-refractivity contribution < 1.29 is 9.72 Å². The van der Waals surface area contributed by atoms with E-state index in [9.17, 15) is 14.9 Å². The molecule has 0 atom stereocenters. The lowest BCUT2D eigenvalue weighted by atomic mass is 10.1. The number of nitrogens with one attached hydrogen (secondary N) is 3. The molecule has 0 aliphatic heterocycles. The number of hydrogen-bond acceptors (Lipinski definition) is 4. The molecular formula is C20H22N4O3. The van der Waals surface area contributed by atoms with E-state index in [0.29, 0.717) is 25.2 Å². The zero-order valence-electron chi connectivity index (χ0n) is 15.3. The number of H-pyrrole nitrogens is 1. The van der Waals surface area contributed by atoms with Gasteiger partial charge < -0.3 is 15.6 Å². The lowest BCUT2D eigenvalue weighted by molar-refractivity contribution is -0.384. The number of nitrogens with zero attached hydrogens (tertiary/aromatic N) is 1. The van der Waals surface area contributed by atoms with Crippen LogP contribution in [0, 0.1) is 24.0 Å². The quantitative estimate of drug-likeness (QED) is 0.339. The molecule has 0 saturated carbocycles. The van der Waals surface area contributed by atoms with E-state index in [2.05, 4.69) is 21.7 Å². The molecule has 0 fully saturated rings. The van der Waals surface area contributed by atoms with Crippen LogP contribution in [0.3, 0.4) is 0 Å². The number of aromatic amines is 1. The Labute approximate surface area is 156 Å². The van der Waals surface area contributed by atoms with Crippen LogP contribution < -0.4 is 10.6 Å². The molecule has 1 aromatic heterocycles. The van der Waals surface area contributed by atoms with Gasteiger partial charge in [-0.3, -0.25) is 14.9 Å². The molecule has 1 amide bonds. The number of carbonyl (C=O) groups is 1. The molecule has 0 aliphatic carbocycles. The monoisotopic (exact) mass is 366 g/mol. The predicted octanol–water partition coefficient (Wildman–Crippen LogP) is 3.46. The fourth-order valence-electron chi connectivity index (χ4n) is 3.13. The summed E-state index contributed by atoms with van der Waals surface area (Å²) in [6, 6.07) is 12.6. The Kier molecular flexibility index (Phi) is 5.40. The maximum Gasteiger partial charge on any atom is 0.292 e. The Morgan fingerprint density at radius 3 is 2.70 bits per heavy atom. The molecule has 0 aliphatic rings. The van der Waals surface area contributed by atoms with Gasteiger partial charge in [-0.05, 0) is 37.6 Å². The van der Waals surface area contributed by atoms with Crippen LogP contribution in [0.15, 0.2) is 42.5 Å². The summed E-state index contributed by atoms with van der Waals surface area (Å²) in [4.78, 5) is 26.2. The maximum atomic E-state index is 12.3. The number of fused-ring (bicyclic) bond motifs is 1. The number of para-hydroxylation sites is 2.